The van der Waals surface area contributed by atoms with E-state index in [2.05, 4.69) is 72.8 Å². The number of hydroxylamine groups is 1. The maximum atomic E-state index is 14.9. The van der Waals surface area contributed by atoms with Gasteiger partial charge in [0.1, 0.15) is 16.5 Å². The van der Waals surface area contributed by atoms with Crippen LogP contribution in [0, 0.1) is 16.5 Å². The molecule has 1 unspecified atom stereocenters. The molecule has 2 aliphatic heterocycles. The minimum absolute atomic E-state index is 0.0148. The third-order valence-electron chi connectivity index (χ3n) is 15.8. The lowest BCUT2D eigenvalue weighted by Crippen LogP contribution is -2.98. The molecule has 4 fully saturated rings. The molecule has 3 aliphatic carbocycles. The second-order valence-electron chi connectivity index (χ2n) is 21.0. The number of ether oxygens (including phenoxy) is 2. The van der Waals surface area contributed by atoms with Crippen LogP contribution in [0.15, 0.2) is 71.8 Å². The molecule has 1 spiro atoms. The smallest absolute Gasteiger partial charge is 0.268 e. The summed E-state index contributed by atoms with van der Waals surface area (Å²) in [5.41, 5.74) is 3.71. The Morgan fingerprint density at radius 1 is 1.03 bits per heavy atom. The number of carbonyl (C=O) groups excluding carboxylic acids is 1. The molecule has 71 heavy (non-hydrogen) atoms. The van der Waals surface area contributed by atoms with Crippen LogP contribution in [0.1, 0.15) is 117 Å². The predicted octanol–water partition coefficient (Wildman–Crippen LogP) is 6.48. The van der Waals surface area contributed by atoms with E-state index in [-0.39, 0.29) is 75.3 Å². The number of carbonyl (C=O) groups is 1. The molecule has 0 radical (unpaired) electrons. The van der Waals surface area contributed by atoms with Gasteiger partial charge < -0.3 is 40.2 Å². The number of allylic oxidation sites excluding steroid dienone is 1. The molecular weight excluding hydrogens is 928 g/mol. The number of fused-ring (bicyclic) bond motifs is 1. The van der Waals surface area contributed by atoms with E-state index in [1.54, 1.807) is 12.1 Å². The first-order valence-electron chi connectivity index (χ1n) is 25.2. The number of quaternary nitrogens is 1. The van der Waals surface area contributed by atoms with Crippen molar-refractivity contribution in [2.24, 2.45) is 11.3 Å². The van der Waals surface area contributed by atoms with Gasteiger partial charge in [0.05, 0.1) is 43.8 Å². The van der Waals surface area contributed by atoms with Crippen LogP contribution in [-0.4, -0.2) is 123 Å². The van der Waals surface area contributed by atoms with Crippen molar-refractivity contribution in [3.05, 3.63) is 100 Å². The maximum absolute atomic E-state index is 14.9. The number of benzene rings is 2. The minimum Gasteiger partial charge on any atom is -0.629 e. The Morgan fingerprint density at radius 3 is 2.48 bits per heavy atom. The van der Waals surface area contributed by atoms with Crippen molar-refractivity contribution in [1.29, 1.82) is 0 Å². The van der Waals surface area contributed by atoms with E-state index in [1.807, 2.05) is 6.92 Å². The van der Waals surface area contributed by atoms with E-state index in [0.29, 0.717) is 43.6 Å². The van der Waals surface area contributed by atoms with Crippen molar-refractivity contribution in [2.75, 3.05) is 76.8 Å². The Hall–Kier alpha value is -5.21. The summed E-state index contributed by atoms with van der Waals surface area (Å²) >= 11 is 0. The Bertz CT molecular complexity index is 2730. The van der Waals surface area contributed by atoms with Crippen LogP contribution in [-0.2, 0) is 16.4 Å². The van der Waals surface area contributed by atoms with E-state index < -0.39 is 32.4 Å². The van der Waals surface area contributed by atoms with Gasteiger partial charge in [-0.15, -0.1) is 0 Å². The SMILES string of the molecule is COc1nc2c(cc1Oc1cc(N3CCC4(CC3)CC(N3CCN(CCO)C[C@H]3c3ccccc3C(C)C)C4)ccc1C(=O)NS(=O)(=O)c1cnc(NCC3CCC(C)(O)CC3)c([NH+](C)[O-])c1)C(F)=CC2. The summed E-state index contributed by atoms with van der Waals surface area (Å²) in [5.74, 6) is -0.426. The number of aromatic nitrogens is 2. The Morgan fingerprint density at radius 2 is 1.77 bits per heavy atom. The number of pyridine rings is 2. The molecule has 0 bridgehead atoms. The highest BCUT2D eigenvalue weighted by molar-refractivity contribution is 7.90. The normalized spacial score (nSPS) is 23.2. The number of hydrogen-bond acceptors (Lipinski definition) is 14. The Labute approximate surface area is 416 Å². The number of anilines is 2. The third kappa shape index (κ3) is 10.9. The van der Waals surface area contributed by atoms with Gasteiger partial charge in [-0.1, -0.05) is 38.1 Å². The van der Waals surface area contributed by atoms with E-state index in [0.717, 1.165) is 83.1 Å². The van der Waals surface area contributed by atoms with Gasteiger partial charge in [0.25, 0.3) is 21.8 Å². The summed E-state index contributed by atoms with van der Waals surface area (Å²) in [6.45, 7) is 11.9. The van der Waals surface area contributed by atoms with Crippen LogP contribution in [0.25, 0.3) is 5.83 Å². The second kappa shape index (κ2) is 20.7. The van der Waals surface area contributed by atoms with Crippen molar-refractivity contribution in [1.82, 2.24) is 24.5 Å². The fourth-order valence-corrected chi connectivity index (χ4v) is 12.5. The van der Waals surface area contributed by atoms with E-state index >= 15 is 0 Å². The summed E-state index contributed by atoms with van der Waals surface area (Å²) in [7, 11) is -1.84. The first-order chi connectivity index (χ1) is 33.9. The molecule has 2 aromatic heterocycles. The number of halogens is 1. The van der Waals surface area contributed by atoms with Crippen LogP contribution < -0.4 is 29.5 Å². The third-order valence-corrected chi connectivity index (χ3v) is 17.1. The van der Waals surface area contributed by atoms with Crippen molar-refractivity contribution in [3.63, 3.8) is 0 Å². The highest BCUT2D eigenvalue weighted by Gasteiger charge is 2.50. The average molecular weight is 997 g/mol. The molecule has 4 heterocycles. The number of nitrogens with zero attached hydrogens (tertiary/aromatic N) is 5. The number of aliphatic hydroxyl groups excluding tert-OH is 1. The van der Waals surface area contributed by atoms with Gasteiger partial charge in [-0.2, -0.15) is 0 Å². The van der Waals surface area contributed by atoms with Gasteiger partial charge in [-0.3, -0.25) is 14.6 Å². The number of sulfonamides is 1. The van der Waals surface area contributed by atoms with Gasteiger partial charge in [0.15, 0.2) is 17.3 Å². The van der Waals surface area contributed by atoms with E-state index in [1.165, 1.54) is 49.6 Å². The maximum Gasteiger partial charge on any atom is 0.268 e. The molecule has 2 saturated carbocycles. The molecule has 4 aromatic rings. The van der Waals surface area contributed by atoms with Gasteiger partial charge in [-0.25, -0.2) is 27.5 Å². The molecule has 5 N–H and O–H groups in total. The minimum atomic E-state index is -4.58. The van der Waals surface area contributed by atoms with E-state index in [9.17, 15) is 33.0 Å². The molecule has 2 aromatic carbocycles. The first kappa shape index (κ1) is 50.7. The van der Waals surface area contributed by atoms with Crippen LogP contribution >= 0.6 is 0 Å². The van der Waals surface area contributed by atoms with Crippen molar-refractivity contribution in [2.45, 2.75) is 107 Å². The number of nitrogens with one attached hydrogen (secondary N) is 3. The molecule has 382 valence electrons. The molecule has 9 rings (SSSR count). The molecule has 16 nitrogen and oxygen atoms in total. The number of rotatable bonds is 16. The number of β-amino-alcohol motifs (C(OH)–C–C–N with tert-alkyl or cyclic N) is 1. The second-order valence-corrected chi connectivity index (χ2v) is 22.7. The quantitative estimate of drug-likeness (QED) is 0.0765. The van der Waals surface area contributed by atoms with Crippen molar-refractivity contribution < 1.29 is 42.4 Å². The molecule has 2 saturated heterocycles. The van der Waals surface area contributed by atoms with Gasteiger partial charge >= 0.3 is 0 Å². The average Bonchev–Trinajstić information content (AvgIpc) is 3.70. The zero-order chi connectivity index (χ0) is 50.2. The number of amides is 1. The van der Waals surface area contributed by atoms with Crippen LogP contribution in [0.2, 0.25) is 0 Å². The number of hydrogen-bond donors (Lipinski definition) is 5. The molecule has 5 aliphatic rings. The number of methoxy groups -OCH3 is 1. The lowest BCUT2D eigenvalue weighted by Gasteiger charge is -2.58. The van der Waals surface area contributed by atoms with Crippen LogP contribution in [0.4, 0.5) is 21.6 Å². The van der Waals surface area contributed by atoms with Crippen molar-refractivity contribution in [3.8, 4) is 17.4 Å². The highest BCUT2D eigenvalue weighted by Crippen LogP contribution is 2.53. The fourth-order valence-electron chi connectivity index (χ4n) is 11.5. The molecular formula is C53H69FN8O8S. The van der Waals surface area contributed by atoms with E-state index in [4.69, 9.17) is 9.47 Å². The molecule has 2 atom stereocenters. The zero-order valence-electron chi connectivity index (χ0n) is 41.5. The number of aliphatic hydroxyl groups is 2. The number of piperidine rings is 1. The largest absolute Gasteiger partial charge is 0.629 e. The Balaban J connectivity index is 0.925. The van der Waals surface area contributed by atoms with Crippen LogP contribution in [0.3, 0.4) is 0 Å². The van der Waals surface area contributed by atoms with Gasteiger partial charge in [0, 0.05) is 87.7 Å². The summed E-state index contributed by atoms with van der Waals surface area (Å²) in [6.07, 6.45) is 9.88. The molecule has 1 amide bonds. The first-order valence-corrected chi connectivity index (χ1v) is 26.7. The highest BCUT2D eigenvalue weighted by atomic mass is 32.2. The fraction of sp³-hybridized carbons (Fsp3) is 0.528. The Kier molecular flexibility index (Phi) is 14.8. The van der Waals surface area contributed by atoms with Crippen LogP contribution in [0.5, 0.6) is 17.4 Å². The zero-order valence-corrected chi connectivity index (χ0v) is 42.4. The predicted molar refractivity (Wildman–Crippen MR) is 270 cm³/mol. The standard InChI is InChI=1S/C53H69FN8O8S/c1-34(2)39-8-6-7-9-40(39)46-33-60(24-25-63)22-23-62(46)37-29-53(30-37)18-20-61(21-19-53)36-10-11-41(47(26-36)70-48-28-42-43(54)12-13-44(42)57-51(48)69-5)50(64)58-71(67,68)38-27-45(59(4)66)49(56-32-38)55-31-35-14-16-52(3,65)17-15-35/h6-12,26-28,32,34-35,37,46,59,63,65H,13-25,29-31,33H2,1-5H3,(H,55,56)(H,58,64)/t35?,46-,52?/m0/s1. The topological polar surface area (TPSA) is 197 Å². The van der Waals surface area contributed by atoms with Crippen molar-refractivity contribution >= 4 is 38.9 Å². The summed E-state index contributed by atoms with van der Waals surface area (Å²) in [5, 5.41) is 35.8. The summed E-state index contributed by atoms with van der Waals surface area (Å²) < 4.78 is 57.0. The lowest BCUT2D eigenvalue weighted by molar-refractivity contribution is -0.751. The summed E-state index contributed by atoms with van der Waals surface area (Å²) in [4.78, 5) is 30.0. The number of piperazine rings is 1. The van der Waals surface area contributed by atoms with Gasteiger partial charge in [-0.05, 0) is 111 Å². The lowest BCUT2D eigenvalue weighted by atomic mass is 9.59. The summed E-state index contributed by atoms with van der Waals surface area (Å²) in [6, 6.07) is 17.2. The monoisotopic (exact) mass is 996 g/mol. The van der Waals surface area contributed by atoms with Gasteiger partial charge in [0.2, 0.25) is 0 Å². The molecule has 18 heteroatoms.